The van der Waals surface area contributed by atoms with Crippen molar-refractivity contribution in [1.29, 1.82) is 0 Å². The Morgan fingerprint density at radius 1 is 1.04 bits per heavy atom. The topological polar surface area (TPSA) is 84.6 Å². The summed E-state index contributed by atoms with van der Waals surface area (Å²) in [6.07, 6.45) is 0.733. The molecule has 5 heteroatoms. The summed E-state index contributed by atoms with van der Waals surface area (Å²) < 4.78 is 5.72. The SMILES string of the molecule is CCC(C)C(=O)c1ccc2c(=O)c3cc(C(=O)O)ccc3oc2c1. The molecule has 3 aromatic rings. The zero-order chi connectivity index (χ0) is 17.4. The van der Waals surface area contributed by atoms with Gasteiger partial charge in [-0.1, -0.05) is 19.9 Å². The van der Waals surface area contributed by atoms with Gasteiger partial charge in [0, 0.05) is 11.5 Å². The van der Waals surface area contributed by atoms with Crippen molar-refractivity contribution in [2.75, 3.05) is 0 Å². The largest absolute Gasteiger partial charge is 0.478 e. The maximum absolute atomic E-state index is 12.6. The summed E-state index contributed by atoms with van der Waals surface area (Å²) in [5, 5.41) is 9.59. The van der Waals surface area contributed by atoms with Gasteiger partial charge < -0.3 is 9.52 Å². The average molecular weight is 324 g/mol. The number of Topliss-reactive ketones (excluding diaryl/α,β-unsaturated/α-hetero) is 1. The predicted octanol–water partition coefficient (Wildman–Crippen LogP) is 3.87. The number of carbonyl (C=O) groups is 2. The fraction of sp³-hybridized carbons (Fsp3) is 0.211. The van der Waals surface area contributed by atoms with Crippen molar-refractivity contribution in [2.24, 2.45) is 5.92 Å². The van der Waals surface area contributed by atoms with Gasteiger partial charge in [0.05, 0.1) is 16.3 Å². The molecule has 0 fully saturated rings. The fourth-order valence-corrected chi connectivity index (χ4v) is 2.61. The maximum Gasteiger partial charge on any atom is 0.335 e. The van der Waals surface area contributed by atoms with Crippen molar-refractivity contribution in [3.63, 3.8) is 0 Å². The zero-order valence-corrected chi connectivity index (χ0v) is 13.3. The van der Waals surface area contributed by atoms with Crippen LogP contribution < -0.4 is 5.43 Å². The maximum atomic E-state index is 12.6. The minimum Gasteiger partial charge on any atom is -0.478 e. The molecule has 1 heterocycles. The highest BCUT2D eigenvalue weighted by molar-refractivity contribution is 6.01. The lowest BCUT2D eigenvalue weighted by molar-refractivity contribution is 0.0696. The van der Waals surface area contributed by atoms with E-state index in [0.29, 0.717) is 22.1 Å². The predicted molar refractivity (Wildman–Crippen MR) is 90.7 cm³/mol. The molecule has 0 aliphatic heterocycles. The van der Waals surface area contributed by atoms with Crippen LogP contribution in [-0.2, 0) is 0 Å². The normalized spacial score (nSPS) is 12.4. The van der Waals surface area contributed by atoms with Crippen LogP contribution in [0.3, 0.4) is 0 Å². The molecule has 24 heavy (non-hydrogen) atoms. The molecule has 0 saturated carbocycles. The lowest BCUT2D eigenvalue weighted by Gasteiger charge is -2.08. The van der Waals surface area contributed by atoms with Gasteiger partial charge in [0.25, 0.3) is 0 Å². The van der Waals surface area contributed by atoms with Gasteiger partial charge in [-0.05, 0) is 36.8 Å². The van der Waals surface area contributed by atoms with Gasteiger partial charge in [0.1, 0.15) is 11.2 Å². The minimum atomic E-state index is -1.11. The van der Waals surface area contributed by atoms with Gasteiger partial charge in [0.15, 0.2) is 5.78 Å². The molecule has 3 rings (SSSR count). The van der Waals surface area contributed by atoms with Crippen LogP contribution >= 0.6 is 0 Å². The molecule has 2 aromatic carbocycles. The molecule has 122 valence electrons. The second-order valence-electron chi connectivity index (χ2n) is 5.83. The molecule has 1 atom stereocenters. The lowest BCUT2D eigenvalue weighted by atomic mass is 9.96. The summed E-state index contributed by atoms with van der Waals surface area (Å²) in [6.45, 7) is 3.80. The summed E-state index contributed by atoms with van der Waals surface area (Å²) >= 11 is 0. The third-order valence-corrected chi connectivity index (χ3v) is 4.26. The zero-order valence-electron chi connectivity index (χ0n) is 13.3. The van der Waals surface area contributed by atoms with Crippen molar-refractivity contribution >= 4 is 33.7 Å². The lowest BCUT2D eigenvalue weighted by Crippen LogP contribution is -2.11. The molecule has 0 spiro atoms. The quantitative estimate of drug-likeness (QED) is 0.581. The van der Waals surface area contributed by atoms with Crippen molar-refractivity contribution in [3.8, 4) is 0 Å². The van der Waals surface area contributed by atoms with Gasteiger partial charge in [-0.25, -0.2) is 4.79 Å². The van der Waals surface area contributed by atoms with E-state index in [0.717, 1.165) is 6.42 Å². The van der Waals surface area contributed by atoms with Gasteiger partial charge in [-0.3, -0.25) is 9.59 Å². The Hall–Kier alpha value is -2.95. The van der Waals surface area contributed by atoms with Gasteiger partial charge in [0.2, 0.25) is 5.43 Å². The van der Waals surface area contributed by atoms with E-state index in [1.165, 1.54) is 18.2 Å². The minimum absolute atomic E-state index is 0.00312. The van der Waals surface area contributed by atoms with Crippen LogP contribution in [0.4, 0.5) is 0 Å². The van der Waals surface area contributed by atoms with Crippen LogP contribution in [0.2, 0.25) is 0 Å². The molecule has 1 aromatic heterocycles. The average Bonchev–Trinajstić information content (AvgIpc) is 2.59. The number of fused-ring (bicyclic) bond motifs is 2. The van der Waals surface area contributed by atoms with Crippen LogP contribution in [0, 0.1) is 5.92 Å². The number of carboxylic acids is 1. The number of aromatic carboxylic acids is 1. The van der Waals surface area contributed by atoms with E-state index in [4.69, 9.17) is 9.52 Å². The number of benzene rings is 2. The first kappa shape index (κ1) is 15.9. The highest BCUT2D eigenvalue weighted by Crippen LogP contribution is 2.22. The molecule has 5 nitrogen and oxygen atoms in total. The molecule has 0 aliphatic rings. The van der Waals surface area contributed by atoms with Crippen LogP contribution in [0.15, 0.2) is 45.6 Å². The molecule has 0 amide bonds. The highest BCUT2D eigenvalue weighted by atomic mass is 16.4. The van der Waals surface area contributed by atoms with E-state index in [2.05, 4.69) is 0 Å². The second-order valence-corrected chi connectivity index (χ2v) is 5.83. The number of carboxylic acid groups (broad SMARTS) is 1. The highest BCUT2D eigenvalue weighted by Gasteiger charge is 2.16. The number of hydrogen-bond acceptors (Lipinski definition) is 4. The summed E-state index contributed by atoms with van der Waals surface area (Å²) in [7, 11) is 0. The van der Waals surface area contributed by atoms with Gasteiger partial charge in [-0.15, -0.1) is 0 Å². The Morgan fingerprint density at radius 2 is 1.75 bits per heavy atom. The van der Waals surface area contributed by atoms with E-state index in [-0.39, 0.29) is 28.1 Å². The molecule has 0 aliphatic carbocycles. The fourth-order valence-electron chi connectivity index (χ4n) is 2.61. The van der Waals surface area contributed by atoms with Crippen LogP contribution in [0.25, 0.3) is 21.9 Å². The van der Waals surface area contributed by atoms with Crippen LogP contribution in [0.1, 0.15) is 41.0 Å². The van der Waals surface area contributed by atoms with E-state index in [1.807, 2.05) is 13.8 Å². The summed E-state index contributed by atoms with van der Waals surface area (Å²) in [6, 6.07) is 8.90. The number of rotatable bonds is 4. The molecule has 1 unspecified atom stereocenters. The molecule has 1 N–H and O–H groups in total. The summed E-state index contributed by atoms with van der Waals surface area (Å²) in [5.74, 6) is -1.21. The van der Waals surface area contributed by atoms with E-state index < -0.39 is 5.97 Å². The van der Waals surface area contributed by atoms with Gasteiger partial charge >= 0.3 is 5.97 Å². The molecule has 0 saturated heterocycles. The van der Waals surface area contributed by atoms with Crippen molar-refractivity contribution < 1.29 is 19.1 Å². The number of hydrogen-bond donors (Lipinski definition) is 1. The van der Waals surface area contributed by atoms with Crippen molar-refractivity contribution in [2.45, 2.75) is 20.3 Å². The first-order valence-corrected chi connectivity index (χ1v) is 7.70. The smallest absolute Gasteiger partial charge is 0.335 e. The Morgan fingerprint density at radius 3 is 2.42 bits per heavy atom. The Bertz CT molecular complexity index is 1030. The Balaban J connectivity index is 2.24. The first-order chi connectivity index (χ1) is 11.4. The molecular formula is C19H16O5. The van der Waals surface area contributed by atoms with E-state index in [1.54, 1.807) is 18.2 Å². The third kappa shape index (κ3) is 2.58. The summed E-state index contributed by atoms with van der Waals surface area (Å²) in [4.78, 5) is 36.0. The first-order valence-electron chi connectivity index (χ1n) is 7.70. The second kappa shape index (κ2) is 5.92. The van der Waals surface area contributed by atoms with Crippen LogP contribution in [-0.4, -0.2) is 16.9 Å². The Labute approximate surface area is 137 Å². The molecule has 0 radical (unpaired) electrons. The van der Waals surface area contributed by atoms with Crippen molar-refractivity contribution in [3.05, 3.63) is 57.7 Å². The van der Waals surface area contributed by atoms with E-state index >= 15 is 0 Å². The number of carbonyl (C=O) groups excluding carboxylic acids is 1. The Kier molecular flexibility index (Phi) is 3.93. The van der Waals surface area contributed by atoms with Crippen LogP contribution in [0.5, 0.6) is 0 Å². The molecular weight excluding hydrogens is 308 g/mol. The number of ketones is 1. The third-order valence-electron chi connectivity index (χ3n) is 4.26. The van der Waals surface area contributed by atoms with Crippen molar-refractivity contribution in [1.82, 2.24) is 0 Å². The summed E-state index contributed by atoms with van der Waals surface area (Å²) in [5.41, 5.74) is 0.839. The molecule has 0 bridgehead atoms. The van der Waals surface area contributed by atoms with Gasteiger partial charge in [-0.2, -0.15) is 0 Å². The van der Waals surface area contributed by atoms with E-state index in [9.17, 15) is 14.4 Å². The standard InChI is InChI=1S/C19H16O5/c1-3-10(2)17(20)11-4-6-13-16(9-11)24-15-7-5-12(19(22)23)8-14(15)18(13)21/h4-10H,3H2,1-2H3,(H,22,23). The monoisotopic (exact) mass is 324 g/mol.